The lowest BCUT2D eigenvalue weighted by molar-refractivity contribution is 0.0588. The Morgan fingerprint density at radius 2 is 1.67 bits per heavy atom. The van der Waals surface area contributed by atoms with E-state index in [1.165, 1.54) is 11.4 Å². The van der Waals surface area contributed by atoms with Crippen molar-refractivity contribution in [2.45, 2.75) is 39.5 Å². The van der Waals surface area contributed by atoms with Crippen molar-refractivity contribution in [1.82, 2.24) is 8.87 Å². The number of nitrogens with zero attached hydrogens (tertiary/aromatic N) is 2. The molecule has 0 saturated heterocycles. The van der Waals surface area contributed by atoms with E-state index in [1.807, 2.05) is 20.8 Å². The van der Waals surface area contributed by atoms with Crippen molar-refractivity contribution < 1.29 is 22.7 Å². The molecule has 0 radical (unpaired) electrons. The third kappa shape index (κ3) is 4.65. The molecule has 30 heavy (non-hydrogen) atoms. The van der Waals surface area contributed by atoms with Crippen molar-refractivity contribution in [1.29, 1.82) is 0 Å². The summed E-state index contributed by atoms with van der Waals surface area (Å²) in [6.07, 6.45) is 0. The van der Waals surface area contributed by atoms with Crippen LogP contribution in [0.25, 0.3) is 0 Å². The van der Waals surface area contributed by atoms with E-state index in [4.69, 9.17) is 4.74 Å². The fraction of sp³-hybridized carbons (Fsp3) is 0.455. The number of carbonyl (C=O) groups is 2. The molecule has 0 atom stereocenters. The monoisotopic (exact) mass is 434 g/mol. The molecule has 1 heterocycles. The highest BCUT2D eigenvalue weighted by atomic mass is 32.2. The first-order valence-electron chi connectivity index (χ1n) is 9.76. The van der Waals surface area contributed by atoms with Gasteiger partial charge < -0.3 is 9.30 Å². The van der Waals surface area contributed by atoms with Crippen molar-refractivity contribution in [3.63, 3.8) is 0 Å². The minimum Gasteiger partial charge on any atom is -0.464 e. The Kier molecular flexibility index (Phi) is 7.26. The number of aromatic nitrogens is 1. The van der Waals surface area contributed by atoms with Gasteiger partial charge in [0.1, 0.15) is 5.69 Å². The van der Waals surface area contributed by atoms with E-state index in [9.17, 15) is 18.0 Å². The molecular formula is C22H30N2O5S. The van der Waals surface area contributed by atoms with Crippen LogP contribution in [0.4, 0.5) is 0 Å². The summed E-state index contributed by atoms with van der Waals surface area (Å²) in [6.45, 7) is 8.98. The molecule has 0 unspecified atom stereocenters. The fourth-order valence-electron chi connectivity index (χ4n) is 3.53. The van der Waals surface area contributed by atoms with E-state index < -0.39 is 16.0 Å². The Labute approximate surface area is 178 Å². The van der Waals surface area contributed by atoms with Crippen LogP contribution in [0.1, 0.15) is 51.5 Å². The van der Waals surface area contributed by atoms with Crippen LogP contribution in [0.5, 0.6) is 0 Å². The first-order chi connectivity index (χ1) is 13.9. The molecule has 7 nitrogen and oxygen atoms in total. The average Bonchev–Trinajstić information content (AvgIpc) is 2.89. The minimum absolute atomic E-state index is 0.0293. The molecule has 2 aromatic rings. The number of ether oxygens (including phenoxy) is 1. The van der Waals surface area contributed by atoms with Crippen LogP contribution in [-0.4, -0.2) is 49.2 Å². The first-order valence-corrected chi connectivity index (χ1v) is 11.2. The largest absolute Gasteiger partial charge is 0.464 e. The Morgan fingerprint density at radius 3 is 2.17 bits per heavy atom. The van der Waals surface area contributed by atoms with Crippen molar-refractivity contribution in [3.8, 4) is 0 Å². The van der Waals surface area contributed by atoms with Gasteiger partial charge in [-0.1, -0.05) is 31.5 Å². The Morgan fingerprint density at radius 1 is 1.10 bits per heavy atom. The Balaban J connectivity index is 2.46. The zero-order chi connectivity index (χ0) is 22.8. The van der Waals surface area contributed by atoms with Crippen LogP contribution in [0.2, 0.25) is 0 Å². The van der Waals surface area contributed by atoms with Crippen LogP contribution < -0.4 is 0 Å². The van der Waals surface area contributed by atoms with E-state index in [1.54, 1.807) is 49.7 Å². The highest BCUT2D eigenvalue weighted by Gasteiger charge is 2.31. The summed E-state index contributed by atoms with van der Waals surface area (Å²) in [6, 6.07) is 6.57. The summed E-state index contributed by atoms with van der Waals surface area (Å²) in [5.41, 5.74) is 2.67. The van der Waals surface area contributed by atoms with Crippen molar-refractivity contribution in [2.75, 3.05) is 20.2 Å². The van der Waals surface area contributed by atoms with E-state index >= 15 is 0 Å². The quantitative estimate of drug-likeness (QED) is 0.470. The Hall–Kier alpha value is -2.45. The number of hydrogen-bond acceptors (Lipinski definition) is 5. The van der Waals surface area contributed by atoms with Gasteiger partial charge in [-0.2, -0.15) is 4.31 Å². The van der Waals surface area contributed by atoms with Gasteiger partial charge in [0.15, 0.2) is 5.78 Å². The predicted octanol–water partition coefficient (Wildman–Crippen LogP) is 3.27. The molecule has 2 rings (SSSR count). The highest BCUT2D eigenvalue weighted by Crippen LogP contribution is 2.24. The van der Waals surface area contributed by atoms with E-state index in [0.717, 1.165) is 5.56 Å². The zero-order valence-electron chi connectivity index (χ0n) is 18.6. The fourth-order valence-corrected chi connectivity index (χ4v) is 5.09. The molecule has 0 N–H and O–H groups in total. The van der Waals surface area contributed by atoms with Gasteiger partial charge >= 0.3 is 5.97 Å². The second-order valence-corrected chi connectivity index (χ2v) is 9.85. The van der Waals surface area contributed by atoms with Crippen LogP contribution in [-0.2, 0) is 21.8 Å². The third-order valence-electron chi connectivity index (χ3n) is 5.14. The summed E-state index contributed by atoms with van der Waals surface area (Å²) >= 11 is 0. The molecule has 1 aromatic carbocycles. The van der Waals surface area contributed by atoms with Crippen LogP contribution in [0, 0.1) is 26.7 Å². The molecule has 0 aliphatic heterocycles. The smallest absolute Gasteiger partial charge is 0.354 e. The molecule has 1 aromatic heterocycles. The van der Waals surface area contributed by atoms with Gasteiger partial charge in [-0.15, -0.1) is 0 Å². The SMILES string of the molecule is COC(=O)c1c(C)c(C(=O)CN(CC(C)C)S(=O)(=O)c2ccc(C)cc2)c(C)n1C. The molecule has 0 aliphatic rings. The molecule has 0 saturated carbocycles. The number of aryl methyl sites for hydroxylation is 1. The van der Waals surface area contributed by atoms with Gasteiger partial charge in [0.05, 0.1) is 18.6 Å². The van der Waals surface area contributed by atoms with Gasteiger partial charge in [-0.05, 0) is 44.4 Å². The topological polar surface area (TPSA) is 85.7 Å². The second kappa shape index (κ2) is 9.14. The number of carbonyl (C=O) groups excluding carboxylic acids is 2. The van der Waals surface area contributed by atoms with E-state index in [-0.39, 0.29) is 35.4 Å². The number of benzene rings is 1. The number of hydrogen-bond donors (Lipinski definition) is 0. The van der Waals surface area contributed by atoms with Crippen molar-refractivity contribution >= 4 is 21.8 Å². The number of sulfonamides is 1. The Bertz CT molecular complexity index is 1050. The normalized spacial score (nSPS) is 11.9. The van der Waals surface area contributed by atoms with Gasteiger partial charge in [0.25, 0.3) is 0 Å². The number of ketones is 1. The van der Waals surface area contributed by atoms with Crippen LogP contribution in [0.3, 0.4) is 0 Å². The maximum Gasteiger partial charge on any atom is 0.354 e. The zero-order valence-corrected chi connectivity index (χ0v) is 19.5. The standard InChI is InChI=1S/C22H30N2O5S/c1-14(2)12-24(30(27,28)18-10-8-15(3)9-11-18)13-19(25)20-16(4)21(22(26)29-7)23(6)17(20)5/h8-11,14H,12-13H2,1-7H3. The van der Waals surface area contributed by atoms with Crippen LogP contribution in [0.15, 0.2) is 29.2 Å². The summed E-state index contributed by atoms with van der Waals surface area (Å²) in [5, 5.41) is 0. The summed E-state index contributed by atoms with van der Waals surface area (Å²) in [4.78, 5) is 25.5. The second-order valence-electron chi connectivity index (χ2n) is 7.91. The number of Topliss-reactive ketones (excluding diaryl/α,β-unsaturated/α-hetero) is 1. The minimum atomic E-state index is -3.85. The van der Waals surface area contributed by atoms with Crippen molar-refractivity contribution in [3.05, 3.63) is 52.3 Å². The maximum absolute atomic E-state index is 13.2. The first kappa shape index (κ1) is 23.8. The van der Waals surface area contributed by atoms with Gasteiger partial charge in [-0.3, -0.25) is 4.79 Å². The molecule has 164 valence electrons. The molecule has 0 spiro atoms. The molecule has 0 fully saturated rings. The summed E-state index contributed by atoms with van der Waals surface area (Å²) in [5.74, 6) is -0.864. The summed E-state index contributed by atoms with van der Waals surface area (Å²) < 4.78 is 34.1. The highest BCUT2D eigenvalue weighted by molar-refractivity contribution is 7.89. The predicted molar refractivity (Wildman–Crippen MR) is 115 cm³/mol. The number of methoxy groups -OCH3 is 1. The van der Waals surface area contributed by atoms with Gasteiger partial charge in [-0.25, -0.2) is 13.2 Å². The number of rotatable bonds is 8. The van der Waals surface area contributed by atoms with E-state index in [2.05, 4.69) is 0 Å². The average molecular weight is 435 g/mol. The summed E-state index contributed by atoms with van der Waals surface area (Å²) in [7, 11) is -0.889. The van der Waals surface area contributed by atoms with Crippen molar-refractivity contribution in [2.24, 2.45) is 13.0 Å². The lowest BCUT2D eigenvalue weighted by Gasteiger charge is -2.23. The molecule has 0 amide bonds. The molecule has 8 heteroatoms. The molecule has 0 bridgehead atoms. The van der Waals surface area contributed by atoms with Gasteiger partial charge in [0.2, 0.25) is 10.0 Å². The van der Waals surface area contributed by atoms with E-state index in [0.29, 0.717) is 16.8 Å². The lowest BCUT2D eigenvalue weighted by atomic mass is 10.1. The lowest BCUT2D eigenvalue weighted by Crippen LogP contribution is -2.38. The van der Waals surface area contributed by atoms with Gasteiger partial charge in [0, 0.05) is 24.8 Å². The maximum atomic E-state index is 13.2. The molecule has 0 aliphatic carbocycles. The third-order valence-corrected chi connectivity index (χ3v) is 6.96. The molecular weight excluding hydrogens is 404 g/mol. The number of esters is 1. The van der Waals surface area contributed by atoms with Crippen LogP contribution >= 0.6 is 0 Å².